The molecule has 148 valence electrons. The summed E-state index contributed by atoms with van der Waals surface area (Å²) in [6, 6.07) is 11.3. The van der Waals surface area contributed by atoms with Gasteiger partial charge in [0, 0.05) is 24.2 Å². The zero-order valence-corrected chi connectivity index (χ0v) is 16.3. The van der Waals surface area contributed by atoms with Gasteiger partial charge in [0.1, 0.15) is 6.54 Å². The zero-order valence-electron chi connectivity index (χ0n) is 15.5. The number of carbonyl (C=O) groups excluding carboxylic acids is 1. The Kier molecular flexibility index (Phi) is 6.04. The number of hydrogen-bond acceptors (Lipinski definition) is 6. The van der Waals surface area contributed by atoms with E-state index in [1.807, 2.05) is 31.2 Å². The number of rotatable bonds is 7. The third-order valence-corrected chi connectivity index (χ3v) is 4.46. The Hall–Kier alpha value is -3.52. The van der Waals surface area contributed by atoms with Gasteiger partial charge in [0.2, 0.25) is 11.7 Å². The first kappa shape index (κ1) is 20.2. The molecule has 0 atom stereocenters. The van der Waals surface area contributed by atoms with Crippen molar-refractivity contribution in [2.24, 2.45) is 0 Å². The van der Waals surface area contributed by atoms with Gasteiger partial charge in [-0.1, -0.05) is 52.7 Å². The molecule has 3 aromatic rings. The first-order valence-corrected chi connectivity index (χ1v) is 9.00. The van der Waals surface area contributed by atoms with E-state index >= 15 is 0 Å². The van der Waals surface area contributed by atoms with Crippen LogP contribution in [-0.4, -0.2) is 32.4 Å². The summed E-state index contributed by atoms with van der Waals surface area (Å²) in [5.74, 6) is 0.116. The van der Waals surface area contributed by atoms with Gasteiger partial charge in [-0.05, 0) is 13.0 Å². The van der Waals surface area contributed by atoms with E-state index in [0.717, 1.165) is 17.2 Å². The van der Waals surface area contributed by atoms with Gasteiger partial charge in [-0.2, -0.15) is 4.98 Å². The molecule has 0 saturated carbocycles. The fourth-order valence-electron chi connectivity index (χ4n) is 2.64. The number of non-ortho nitro benzene ring substituents is 1. The molecule has 1 aromatic heterocycles. The van der Waals surface area contributed by atoms with Crippen molar-refractivity contribution in [1.29, 1.82) is 0 Å². The normalized spacial score (nSPS) is 10.6. The minimum atomic E-state index is -0.587. The van der Waals surface area contributed by atoms with Crippen LogP contribution in [0.1, 0.15) is 21.8 Å². The van der Waals surface area contributed by atoms with Crippen LogP contribution in [0.25, 0.3) is 11.4 Å². The molecular formula is C20H17ClN4O4. The number of halogens is 1. The maximum atomic E-state index is 12.9. The second-order valence-electron chi connectivity index (χ2n) is 6.27. The Labute approximate surface area is 171 Å². The van der Waals surface area contributed by atoms with E-state index in [2.05, 4.69) is 16.7 Å². The summed E-state index contributed by atoms with van der Waals surface area (Å²) in [6.07, 6.45) is 1.53. The second-order valence-corrected chi connectivity index (χ2v) is 6.68. The first-order chi connectivity index (χ1) is 13.9. The molecule has 2 aromatic carbocycles. The van der Waals surface area contributed by atoms with Gasteiger partial charge in [-0.15, -0.1) is 6.58 Å². The Morgan fingerprint density at radius 2 is 2.03 bits per heavy atom. The van der Waals surface area contributed by atoms with Crippen LogP contribution in [0.2, 0.25) is 5.02 Å². The van der Waals surface area contributed by atoms with Crippen molar-refractivity contribution < 1.29 is 14.2 Å². The van der Waals surface area contributed by atoms with Crippen molar-refractivity contribution in [2.75, 3.05) is 6.54 Å². The highest BCUT2D eigenvalue weighted by Gasteiger charge is 2.23. The highest BCUT2D eigenvalue weighted by atomic mass is 35.5. The van der Waals surface area contributed by atoms with Crippen molar-refractivity contribution >= 4 is 23.2 Å². The number of nitrogens with zero attached hydrogens (tertiary/aromatic N) is 4. The van der Waals surface area contributed by atoms with E-state index < -0.39 is 10.8 Å². The number of amides is 1. The van der Waals surface area contributed by atoms with Crippen molar-refractivity contribution in [3.8, 4) is 11.4 Å². The molecule has 0 fully saturated rings. The molecule has 1 amide bonds. The first-order valence-electron chi connectivity index (χ1n) is 8.62. The highest BCUT2D eigenvalue weighted by Crippen LogP contribution is 2.24. The van der Waals surface area contributed by atoms with E-state index in [0.29, 0.717) is 5.82 Å². The number of aryl methyl sites for hydroxylation is 1. The van der Waals surface area contributed by atoms with Crippen LogP contribution in [0.15, 0.2) is 59.6 Å². The van der Waals surface area contributed by atoms with E-state index in [1.165, 1.54) is 23.1 Å². The molecule has 0 aliphatic rings. The maximum absolute atomic E-state index is 12.9. The van der Waals surface area contributed by atoms with Gasteiger partial charge >= 0.3 is 0 Å². The van der Waals surface area contributed by atoms with Crippen molar-refractivity contribution in [1.82, 2.24) is 15.0 Å². The lowest BCUT2D eigenvalue weighted by molar-refractivity contribution is -0.384. The van der Waals surface area contributed by atoms with Crippen LogP contribution in [0.5, 0.6) is 0 Å². The Balaban J connectivity index is 1.85. The number of carbonyl (C=O) groups is 1. The topological polar surface area (TPSA) is 102 Å². The summed E-state index contributed by atoms with van der Waals surface area (Å²) < 4.78 is 5.27. The van der Waals surface area contributed by atoms with Crippen LogP contribution >= 0.6 is 11.6 Å². The molecule has 0 radical (unpaired) electrons. The lowest BCUT2D eigenvalue weighted by Gasteiger charge is -2.19. The van der Waals surface area contributed by atoms with Gasteiger partial charge in [0.05, 0.1) is 15.5 Å². The quantitative estimate of drug-likeness (QED) is 0.323. The van der Waals surface area contributed by atoms with Gasteiger partial charge in [-0.25, -0.2) is 0 Å². The van der Waals surface area contributed by atoms with Crippen LogP contribution in [0.4, 0.5) is 5.69 Å². The average molecular weight is 413 g/mol. The van der Waals surface area contributed by atoms with Crippen molar-refractivity contribution in [2.45, 2.75) is 13.5 Å². The molecule has 9 heteroatoms. The van der Waals surface area contributed by atoms with Crippen LogP contribution in [-0.2, 0) is 6.54 Å². The second kappa shape index (κ2) is 8.66. The Morgan fingerprint density at radius 3 is 2.69 bits per heavy atom. The summed E-state index contributed by atoms with van der Waals surface area (Å²) in [6.45, 7) is 5.79. The zero-order chi connectivity index (χ0) is 21.0. The lowest BCUT2D eigenvalue weighted by atomic mass is 10.1. The molecule has 0 unspecified atom stereocenters. The van der Waals surface area contributed by atoms with Crippen LogP contribution in [0.3, 0.4) is 0 Å². The average Bonchev–Trinajstić information content (AvgIpc) is 3.16. The molecule has 3 rings (SSSR count). The molecule has 0 spiro atoms. The van der Waals surface area contributed by atoms with Gasteiger partial charge in [0.15, 0.2) is 0 Å². The number of nitro benzene ring substituents is 1. The summed E-state index contributed by atoms with van der Waals surface area (Å²) in [5, 5.41) is 15.1. The van der Waals surface area contributed by atoms with Crippen LogP contribution < -0.4 is 0 Å². The minimum Gasteiger partial charge on any atom is -0.337 e. The largest absolute Gasteiger partial charge is 0.337 e. The smallest absolute Gasteiger partial charge is 0.270 e. The molecule has 29 heavy (non-hydrogen) atoms. The fraction of sp³-hybridized carbons (Fsp3) is 0.150. The molecule has 0 N–H and O–H groups in total. The molecular weight excluding hydrogens is 396 g/mol. The lowest BCUT2D eigenvalue weighted by Crippen LogP contribution is -2.31. The number of aromatic nitrogens is 2. The molecule has 0 saturated heterocycles. The van der Waals surface area contributed by atoms with Crippen molar-refractivity contribution in [3.63, 3.8) is 0 Å². The summed E-state index contributed by atoms with van der Waals surface area (Å²) >= 11 is 6.09. The summed E-state index contributed by atoms with van der Waals surface area (Å²) in [4.78, 5) is 29.1. The van der Waals surface area contributed by atoms with Crippen molar-refractivity contribution in [3.05, 3.63) is 87.3 Å². The maximum Gasteiger partial charge on any atom is 0.270 e. The van der Waals surface area contributed by atoms with E-state index in [-0.39, 0.29) is 35.3 Å². The number of benzene rings is 2. The molecule has 8 nitrogen and oxygen atoms in total. The van der Waals surface area contributed by atoms with Gasteiger partial charge in [0.25, 0.3) is 11.6 Å². The monoisotopic (exact) mass is 412 g/mol. The third-order valence-electron chi connectivity index (χ3n) is 4.13. The molecule has 0 bridgehead atoms. The number of nitro groups is 1. The standard InChI is InChI=1S/C20H17ClN4O4/c1-3-10-24(20(26)16-11-15(25(27)28)8-9-17(16)21)12-18-22-19(23-29-18)14-6-4-13(2)5-7-14/h3-9,11H,1,10,12H2,2H3. The van der Waals surface area contributed by atoms with Crippen LogP contribution in [0, 0.1) is 17.0 Å². The molecule has 1 heterocycles. The summed E-state index contributed by atoms with van der Waals surface area (Å²) in [7, 11) is 0. The number of hydrogen-bond donors (Lipinski definition) is 0. The summed E-state index contributed by atoms with van der Waals surface area (Å²) in [5.41, 5.74) is 1.68. The molecule has 0 aliphatic heterocycles. The van der Waals surface area contributed by atoms with Gasteiger partial charge < -0.3 is 9.42 Å². The van der Waals surface area contributed by atoms with Gasteiger partial charge in [-0.3, -0.25) is 14.9 Å². The van der Waals surface area contributed by atoms with E-state index in [1.54, 1.807) is 0 Å². The predicted octanol–water partition coefficient (Wildman–Crippen LogP) is 4.44. The fourth-order valence-corrected chi connectivity index (χ4v) is 2.84. The third kappa shape index (κ3) is 4.67. The highest BCUT2D eigenvalue weighted by molar-refractivity contribution is 6.33. The van der Waals surface area contributed by atoms with E-state index in [9.17, 15) is 14.9 Å². The Morgan fingerprint density at radius 1 is 1.31 bits per heavy atom. The minimum absolute atomic E-state index is 0.00271. The SMILES string of the molecule is C=CCN(Cc1nc(-c2ccc(C)cc2)no1)C(=O)c1cc([N+](=O)[O-])ccc1Cl. The molecule has 0 aliphatic carbocycles. The predicted molar refractivity (Wildman–Crippen MR) is 108 cm³/mol. The Bertz CT molecular complexity index is 1060. The van der Waals surface area contributed by atoms with E-state index in [4.69, 9.17) is 16.1 Å².